The van der Waals surface area contributed by atoms with Gasteiger partial charge in [-0.2, -0.15) is 0 Å². The number of nitrogens with one attached hydrogen (secondary N) is 1. The van der Waals surface area contributed by atoms with Gasteiger partial charge < -0.3 is 5.32 Å². The Bertz CT molecular complexity index is 240. The number of alkyl halides is 1. The Balaban J connectivity index is 1.72. The Labute approximate surface area is 107 Å². The minimum absolute atomic E-state index is 0.310. The second kappa shape index (κ2) is 6.04. The van der Waals surface area contributed by atoms with E-state index < -0.39 is 0 Å². The average Bonchev–Trinajstić information content (AvgIpc) is 2.24. The molecule has 2 saturated carbocycles. The molecule has 0 aromatic heterocycles. The SMILES string of the molecule is O=C(NCC1CCCCC1CBr)C1CCC1. The van der Waals surface area contributed by atoms with Crippen LogP contribution in [0.3, 0.4) is 0 Å². The fraction of sp³-hybridized carbons (Fsp3) is 0.923. The molecule has 92 valence electrons. The molecule has 3 heteroatoms. The zero-order valence-electron chi connectivity index (χ0n) is 9.88. The predicted molar refractivity (Wildman–Crippen MR) is 69.6 cm³/mol. The Kier molecular flexibility index (Phi) is 4.68. The number of rotatable bonds is 4. The quantitative estimate of drug-likeness (QED) is 0.791. The summed E-state index contributed by atoms with van der Waals surface area (Å²) in [5.74, 6) is 2.13. The van der Waals surface area contributed by atoms with Gasteiger partial charge in [0.2, 0.25) is 5.91 Å². The van der Waals surface area contributed by atoms with E-state index in [9.17, 15) is 4.79 Å². The molecular weight excluding hydrogens is 266 g/mol. The van der Waals surface area contributed by atoms with E-state index in [1.54, 1.807) is 0 Å². The highest BCUT2D eigenvalue weighted by atomic mass is 79.9. The second-order valence-corrected chi connectivity index (χ2v) is 5.98. The van der Waals surface area contributed by atoms with Gasteiger partial charge in [0.15, 0.2) is 0 Å². The van der Waals surface area contributed by atoms with Crippen molar-refractivity contribution in [3.05, 3.63) is 0 Å². The molecule has 16 heavy (non-hydrogen) atoms. The first kappa shape index (κ1) is 12.4. The lowest BCUT2D eigenvalue weighted by molar-refractivity contribution is -0.127. The van der Waals surface area contributed by atoms with Crippen molar-refractivity contribution < 1.29 is 4.79 Å². The molecule has 2 nitrogen and oxygen atoms in total. The van der Waals surface area contributed by atoms with E-state index in [4.69, 9.17) is 0 Å². The lowest BCUT2D eigenvalue weighted by Crippen LogP contribution is -2.39. The monoisotopic (exact) mass is 287 g/mol. The fourth-order valence-electron chi connectivity index (χ4n) is 2.80. The molecule has 2 aliphatic rings. The van der Waals surface area contributed by atoms with E-state index in [0.717, 1.165) is 30.6 Å². The molecule has 2 atom stereocenters. The van der Waals surface area contributed by atoms with Crippen molar-refractivity contribution in [3.8, 4) is 0 Å². The van der Waals surface area contributed by atoms with Gasteiger partial charge in [0, 0.05) is 17.8 Å². The maximum absolute atomic E-state index is 11.7. The van der Waals surface area contributed by atoms with Crippen molar-refractivity contribution in [2.24, 2.45) is 17.8 Å². The highest BCUT2D eigenvalue weighted by Crippen LogP contribution is 2.31. The first-order valence-electron chi connectivity index (χ1n) is 6.65. The fourth-order valence-corrected chi connectivity index (χ4v) is 3.66. The van der Waals surface area contributed by atoms with Crippen molar-refractivity contribution in [1.82, 2.24) is 5.32 Å². The highest BCUT2D eigenvalue weighted by Gasteiger charge is 2.28. The summed E-state index contributed by atoms with van der Waals surface area (Å²) in [6.45, 7) is 0.908. The smallest absolute Gasteiger partial charge is 0.223 e. The summed E-state index contributed by atoms with van der Waals surface area (Å²) in [4.78, 5) is 11.7. The molecule has 1 N–H and O–H groups in total. The molecule has 2 aliphatic carbocycles. The topological polar surface area (TPSA) is 29.1 Å². The molecule has 0 bridgehead atoms. The van der Waals surface area contributed by atoms with Crippen molar-refractivity contribution >= 4 is 21.8 Å². The zero-order valence-corrected chi connectivity index (χ0v) is 11.5. The lowest BCUT2D eigenvalue weighted by atomic mass is 9.80. The molecule has 0 radical (unpaired) electrons. The molecule has 0 saturated heterocycles. The minimum Gasteiger partial charge on any atom is -0.356 e. The standard InChI is InChI=1S/C13H22BrNO/c14-8-11-4-1-2-5-12(11)9-15-13(16)10-6-3-7-10/h10-12H,1-9H2,(H,15,16). The van der Waals surface area contributed by atoms with Crippen LogP contribution in [0.15, 0.2) is 0 Å². The van der Waals surface area contributed by atoms with Crippen LogP contribution in [0.25, 0.3) is 0 Å². The molecule has 0 aromatic carbocycles. The summed E-state index contributed by atoms with van der Waals surface area (Å²) in [6.07, 6.45) is 8.79. The van der Waals surface area contributed by atoms with Gasteiger partial charge in [-0.05, 0) is 37.5 Å². The van der Waals surface area contributed by atoms with Gasteiger partial charge in [0.25, 0.3) is 0 Å². The number of hydrogen-bond acceptors (Lipinski definition) is 1. The number of halogens is 1. The van der Waals surface area contributed by atoms with E-state index in [0.29, 0.717) is 17.7 Å². The molecular formula is C13H22BrNO. The van der Waals surface area contributed by atoms with E-state index in [1.807, 2.05) is 0 Å². The van der Waals surface area contributed by atoms with Crippen molar-refractivity contribution in [1.29, 1.82) is 0 Å². The van der Waals surface area contributed by atoms with Gasteiger partial charge in [-0.25, -0.2) is 0 Å². The summed E-state index contributed by atoms with van der Waals surface area (Å²) >= 11 is 3.60. The van der Waals surface area contributed by atoms with Crippen molar-refractivity contribution in [2.75, 3.05) is 11.9 Å². The molecule has 0 heterocycles. The van der Waals surface area contributed by atoms with Crippen LogP contribution in [0.2, 0.25) is 0 Å². The second-order valence-electron chi connectivity index (χ2n) is 5.33. The molecule has 1 amide bonds. The van der Waals surface area contributed by atoms with E-state index in [-0.39, 0.29) is 0 Å². The number of amides is 1. The molecule has 0 spiro atoms. The van der Waals surface area contributed by atoms with Crippen LogP contribution in [0.1, 0.15) is 44.9 Å². The summed E-state index contributed by atoms with van der Waals surface area (Å²) in [5, 5.41) is 4.25. The molecule has 2 fully saturated rings. The Morgan fingerprint density at radius 2 is 1.75 bits per heavy atom. The molecule has 2 rings (SSSR count). The van der Waals surface area contributed by atoms with Gasteiger partial charge in [0.1, 0.15) is 0 Å². The maximum atomic E-state index is 11.7. The van der Waals surface area contributed by atoms with Gasteiger partial charge in [-0.3, -0.25) is 4.79 Å². The van der Waals surface area contributed by atoms with Crippen LogP contribution < -0.4 is 5.32 Å². The van der Waals surface area contributed by atoms with Gasteiger partial charge in [-0.15, -0.1) is 0 Å². The summed E-state index contributed by atoms with van der Waals surface area (Å²) in [6, 6.07) is 0. The van der Waals surface area contributed by atoms with Crippen LogP contribution in [0.5, 0.6) is 0 Å². The van der Waals surface area contributed by atoms with Crippen molar-refractivity contribution in [3.63, 3.8) is 0 Å². The Hall–Kier alpha value is -0.0500. The summed E-state index contributed by atoms with van der Waals surface area (Å²) < 4.78 is 0. The number of carbonyl (C=O) groups is 1. The van der Waals surface area contributed by atoms with Crippen LogP contribution >= 0.6 is 15.9 Å². The van der Waals surface area contributed by atoms with Gasteiger partial charge in [0.05, 0.1) is 0 Å². The van der Waals surface area contributed by atoms with E-state index >= 15 is 0 Å². The summed E-state index contributed by atoms with van der Waals surface area (Å²) in [7, 11) is 0. The van der Waals surface area contributed by atoms with Gasteiger partial charge >= 0.3 is 0 Å². The third-order valence-electron chi connectivity index (χ3n) is 4.28. The molecule has 0 aromatic rings. The predicted octanol–water partition coefficient (Wildman–Crippen LogP) is 3.10. The molecule has 2 unspecified atom stereocenters. The molecule has 0 aliphatic heterocycles. The lowest BCUT2D eigenvalue weighted by Gasteiger charge is -2.31. The van der Waals surface area contributed by atoms with Crippen molar-refractivity contribution in [2.45, 2.75) is 44.9 Å². The highest BCUT2D eigenvalue weighted by molar-refractivity contribution is 9.09. The average molecular weight is 288 g/mol. The van der Waals surface area contributed by atoms with E-state index in [2.05, 4.69) is 21.2 Å². The Morgan fingerprint density at radius 1 is 1.06 bits per heavy atom. The number of hydrogen-bond donors (Lipinski definition) is 1. The van der Waals surface area contributed by atoms with Crippen LogP contribution in [0, 0.1) is 17.8 Å². The Morgan fingerprint density at radius 3 is 2.31 bits per heavy atom. The van der Waals surface area contributed by atoms with Gasteiger partial charge in [-0.1, -0.05) is 35.2 Å². The zero-order chi connectivity index (χ0) is 11.4. The first-order chi connectivity index (χ1) is 7.81. The number of carbonyl (C=O) groups excluding carboxylic acids is 1. The van der Waals surface area contributed by atoms with E-state index in [1.165, 1.54) is 32.1 Å². The normalized spacial score (nSPS) is 30.8. The maximum Gasteiger partial charge on any atom is 0.223 e. The van der Waals surface area contributed by atoms with Crippen LogP contribution in [-0.4, -0.2) is 17.8 Å². The third kappa shape index (κ3) is 2.99. The van der Waals surface area contributed by atoms with Crippen LogP contribution in [-0.2, 0) is 4.79 Å². The minimum atomic E-state index is 0.310. The third-order valence-corrected chi connectivity index (χ3v) is 5.11. The first-order valence-corrected chi connectivity index (χ1v) is 7.77. The van der Waals surface area contributed by atoms with Crippen LogP contribution in [0.4, 0.5) is 0 Å². The summed E-state index contributed by atoms with van der Waals surface area (Å²) in [5.41, 5.74) is 0. The largest absolute Gasteiger partial charge is 0.356 e.